The molecule has 20 heavy (non-hydrogen) atoms. The predicted octanol–water partition coefficient (Wildman–Crippen LogP) is 3.70. The number of para-hydroxylation sites is 1. The first-order valence-corrected chi connectivity index (χ1v) is 7.32. The summed E-state index contributed by atoms with van der Waals surface area (Å²) in [6.45, 7) is 5.39. The standard InChI is InChI=1S/C15H23ClFNO2/c1-11(2)5-4-8-20-10-12(19)9-18-15-13(16)6-3-7-14(15)17/h3,6-7,11-12,18-19H,4-5,8-10H2,1-2H3. The van der Waals surface area contributed by atoms with E-state index >= 15 is 0 Å². The average molecular weight is 304 g/mol. The maximum Gasteiger partial charge on any atom is 0.147 e. The first-order valence-electron chi connectivity index (χ1n) is 6.94. The molecule has 0 saturated heterocycles. The van der Waals surface area contributed by atoms with Crippen molar-refractivity contribution in [2.45, 2.75) is 32.8 Å². The molecule has 0 aliphatic carbocycles. The number of aliphatic hydroxyl groups excluding tert-OH is 1. The Kier molecular flexibility index (Phi) is 7.88. The van der Waals surface area contributed by atoms with E-state index in [-0.39, 0.29) is 18.8 Å². The van der Waals surface area contributed by atoms with Gasteiger partial charge in [-0.2, -0.15) is 0 Å². The SMILES string of the molecule is CC(C)CCCOCC(O)CNc1c(F)cccc1Cl. The van der Waals surface area contributed by atoms with Gasteiger partial charge >= 0.3 is 0 Å². The minimum absolute atomic E-state index is 0.199. The van der Waals surface area contributed by atoms with Crippen molar-refractivity contribution in [1.29, 1.82) is 0 Å². The van der Waals surface area contributed by atoms with Crippen LogP contribution in [0.3, 0.4) is 0 Å². The summed E-state index contributed by atoms with van der Waals surface area (Å²) in [7, 11) is 0. The fraction of sp³-hybridized carbons (Fsp3) is 0.600. The van der Waals surface area contributed by atoms with Gasteiger partial charge in [-0.15, -0.1) is 0 Å². The molecule has 0 saturated carbocycles. The molecule has 0 heterocycles. The third kappa shape index (κ3) is 6.55. The quantitative estimate of drug-likeness (QED) is 0.683. The first-order chi connectivity index (χ1) is 9.50. The number of benzene rings is 1. The van der Waals surface area contributed by atoms with E-state index in [0.29, 0.717) is 17.5 Å². The van der Waals surface area contributed by atoms with Gasteiger partial charge in [-0.05, 0) is 30.9 Å². The lowest BCUT2D eigenvalue weighted by atomic mass is 10.1. The highest BCUT2D eigenvalue weighted by molar-refractivity contribution is 6.33. The summed E-state index contributed by atoms with van der Waals surface area (Å²) >= 11 is 5.87. The van der Waals surface area contributed by atoms with Gasteiger partial charge in [-0.1, -0.05) is 31.5 Å². The topological polar surface area (TPSA) is 41.5 Å². The Morgan fingerprint density at radius 1 is 1.40 bits per heavy atom. The van der Waals surface area contributed by atoms with Crippen LogP contribution in [0.2, 0.25) is 5.02 Å². The Morgan fingerprint density at radius 3 is 2.80 bits per heavy atom. The molecule has 0 aliphatic rings. The lowest BCUT2D eigenvalue weighted by Crippen LogP contribution is -2.25. The van der Waals surface area contributed by atoms with Crippen molar-refractivity contribution >= 4 is 17.3 Å². The smallest absolute Gasteiger partial charge is 0.147 e. The molecule has 0 bridgehead atoms. The van der Waals surface area contributed by atoms with E-state index in [1.807, 2.05) is 0 Å². The molecule has 114 valence electrons. The number of ether oxygens (including phenoxy) is 1. The second-order valence-corrected chi connectivity index (χ2v) is 5.65. The maximum absolute atomic E-state index is 13.5. The van der Waals surface area contributed by atoms with Crippen molar-refractivity contribution in [3.05, 3.63) is 29.0 Å². The number of rotatable bonds is 9. The zero-order valence-corrected chi connectivity index (χ0v) is 12.8. The van der Waals surface area contributed by atoms with Gasteiger partial charge in [0.1, 0.15) is 5.82 Å². The molecular weight excluding hydrogens is 281 g/mol. The van der Waals surface area contributed by atoms with Crippen molar-refractivity contribution in [2.75, 3.05) is 25.1 Å². The van der Waals surface area contributed by atoms with Crippen LogP contribution in [-0.4, -0.2) is 31.0 Å². The Hall–Kier alpha value is -0.840. The van der Waals surface area contributed by atoms with Gasteiger partial charge in [-0.25, -0.2) is 4.39 Å². The van der Waals surface area contributed by atoms with E-state index in [4.69, 9.17) is 16.3 Å². The van der Waals surface area contributed by atoms with Gasteiger partial charge in [-0.3, -0.25) is 0 Å². The minimum Gasteiger partial charge on any atom is -0.389 e. The number of aliphatic hydroxyl groups is 1. The van der Waals surface area contributed by atoms with Crippen LogP contribution in [0, 0.1) is 11.7 Å². The number of hydrogen-bond acceptors (Lipinski definition) is 3. The van der Waals surface area contributed by atoms with E-state index in [1.165, 1.54) is 12.1 Å². The molecule has 1 aromatic rings. The summed E-state index contributed by atoms with van der Waals surface area (Å²) in [6, 6.07) is 4.46. The highest BCUT2D eigenvalue weighted by atomic mass is 35.5. The van der Waals surface area contributed by atoms with Gasteiger partial charge in [0.15, 0.2) is 0 Å². The van der Waals surface area contributed by atoms with Crippen LogP contribution in [-0.2, 0) is 4.74 Å². The lowest BCUT2D eigenvalue weighted by Gasteiger charge is -2.14. The van der Waals surface area contributed by atoms with Crippen LogP contribution in [0.15, 0.2) is 18.2 Å². The Morgan fingerprint density at radius 2 is 2.15 bits per heavy atom. The summed E-state index contributed by atoms with van der Waals surface area (Å²) in [6.07, 6.45) is 1.40. The Labute approximate surface area is 125 Å². The van der Waals surface area contributed by atoms with Crippen LogP contribution in [0.4, 0.5) is 10.1 Å². The molecule has 5 heteroatoms. The average Bonchev–Trinajstić information content (AvgIpc) is 2.37. The Bertz CT molecular complexity index is 381. The third-order valence-corrected chi connectivity index (χ3v) is 3.17. The zero-order chi connectivity index (χ0) is 15.0. The molecule has 1 aromatic carbocycles. The van der Waals surface area contributed by atoms with E-state index in [0.717, 1.165) is 12.8 Å². The van der Waals surface area contributed by atoms with Crippen LogP contribution in [0.5, 0.6) is 0 Å². The highest BCUT2D eigenvalue weighted by Crippen LogP contribution is 2.24. The van der Waals surface area contributed by atoms with Crippen molar-refractivity contribution in [2.24, 2.45) is 5.92 Å². The number of nitrogens with one attached hydrogen (secondary N) is 1. The van der Waals surface area contributed by atoms with Gasteiger partial charge in [0.05, 0.1) is 23.4 Å². The van der Waals surface area contributed by atoms with Gasteiger partial charge in [0.2, 0.25) is 0 Å². The molecule has 0 spiro atoms. The number of hydrogen-bond donors (Lipinski definition) is 2. The summed E-state index contributed by atoms with van der Waals surface area (Å²) in [5.74, 6) is 0.232. The largest absolute Gasteiger partial charge is 0.389 e. The molecule has 1 atom stereocenters. The zero-order valence-electron chi connectivity index (χ0n) is 12.0. The molecule has 3 nitrogen and oxygen atoms in total. The second kappa shape index (κ2) is 9.16. The molecule has 0 aromatic heterocycles. The summed E-state index contributed by atoms with van der Waals surface area (Å²) < 4.78 is 18.8. The van der Waals surface area contributed by atoms with Gasteiger partial charge in [0.25, 0.3) is 0 Å². The normalized spacial score (nSPS) is 12.7. The van der Waals surface area contributed by atoms with Crippen molar-refractivity contribution in [1.82, 2.24) is 0 Å². The van der Waals surface area contributed by atoms with Gasteiger partial charge < -0.3 is 15.2 Å². The van der Waals surface area contributed by atoms with Crippen molar-refractivity contribution in [3.8, 4) is 0 Å². The van der Waals surface area contributed by atoms with Crippen LogP contribution >= 0.6 is 11.6 Å². The van der Waals surface area contributed by atoms with Crippen LogP contribution < -0.4 is 5.32 Å². The maximum atomic E-state index is 13.5. The molecular formula is C15H23ClFNO2. The number of anilines is 1. The molecule has 0 fully saturated rings. The molecule has 1 rings (SSSR count). The molecule has 0 amide bonds. The molecule has 2 N–H and O–H groups in total. The van der Waals surface area contributed by atoms with E-state index in [9.17, 15) is 9.50 Å². The predicted molar refractivity (Wildman–Crippen MR) is 80.8 cm³/mol. The monoisotopic (exact) mass is 303 g/mol. The van der Waals surface area contributed by atoms with Crippen LogP contribution in [0.25, 0.3) is 0 Å². The third-order valence-electron chi connectivity index (χ3n) is 2.86. The van der Waals surface area contributed by atoms with E-state index < -0.39 is 11.9 Å². The van der Waals surface area contributed by atoms with Crippen LogP contribution in [0.1, 0.15) is 26.7 Å². The summed E-state index contributed by atoms with van der Waals surface area (Å²) in [5.41, 5.74) is 0.216. The van der Waals surface area contributed by atoms with E-state index in [2.05, 4.69) is 19.2 Å². The summed E-state index contributed by atoms with van der Waals surface area (Å²) in [4.78, 5) is 0. The molecule has 0 radical (unpaired) electrons. The lowest BCUT2D eigenvalue weighted by molar-refractivity contribution is 0.0409. The highest BCUT2D eigenvalue weighted by Gasteiger charge is 2.09. The molecule has 1 unspecified atom stereocenters. The van der Waals surface area contributed by atoms with Gasteiger partial charge in [0, 0.05) is 13.2 Å². The van der Waals surface area contributed by atoms with E-state index in [1.54, 1.807) is 6.07 Å². The Balaban J connectivity index is 2.21. The summed E-state index contributed by atoms with van der Waals surface area (Å²) in [5, 5.41) is 12.9. The number of halogens is 2. The molecule has 0 aliphatic heterocycles. The second-order valence-electron chi connectivity index (χ2n) is 5.24. The first kappa shape index (κ1) is 17.2. The fourth-order valence-corrected chi connectivity index (χ4v) is 1.99. The van der Waals surface area contributed by atoms with Crippen molar-refractivity contribution < 1.29 is 14.2 Å². The fourth-order valence-electron chi connectivity index (χ4n) is 1.76. The minimum atomic E-state index is -0.690. The van der Waals surface area contributed by atoms with Crippen molar-refractivity contribution in [3.63, 3.8) is 0 Å².